The van der Waals surface area contributed by atoms with Gasteiger partial charge in [-0.25, -0.2) is 8.42 Å². The number of hydrogen-bond acceptors (Lipinski definition) is 3. The zero-order valence-electron chi connectivity index (χ0n) is 5.57. The van der Waals surface area contributed by atoms with Gasteiger partial charge in [0.05, 0.1) is 12.3 Å². The van der Waals surface area contributed by atoms with Gasteiger partial charge in [-0.1, -0.05) is 0 Å². The van der Waals surface area contributed by atoms with Gasteiger partial charge in [0.15, 0.2) is 9.84 Å². The topological polar surface area (TPSA) is 54.5 Å². The molecule has 0 spiro atoms. The largest absolute Gasteiger partial charge is 0.322 e. The third-order valence-electron chi connectivity index (χ3n) is 1.29. The summed E-state index contributed by atoms with van der Waals surface area (Å²) in [5.41, 5.74) is 0. The highest BCUT2D eigenvalue weighted by atomic mass is 32.2. The molecule has 1 rings (SSSR count). The van der Waals surface area contributed by atoms with Crippen LogP contribution in [0, 0.1) is 6.54 Å². The normalized spacial score (nSPS) is 23.1. The molecule has 1 heterocycles. The van der Waals surface area contributed by atoms with Crippen LogP contribution < -0.4 is 0 Å². The lowest BCUT2D eigenvalue weighted by Crippen LogP contribution is -2.23. The average molecular weight is 162 g/mol. The Morgan fingerprint density at radius 1 is 1.60 bits per heavy atom. The first-order valence-electron chi connectivity index (χ1n) is 2.82. The quantitative estimate of drug-likeness (QED) is 0.477. The summed E-state index contributed by atoms with van der Waals surface area (Å²) >= 11 is 0. The van der Waals surface area contributed by atoms with Gasteiger partial charge in [-0.2, -0.15) is 0 Å². The molecule has 0 aromatic carbocycles. The Balaban J connectivity index is 2.69. The molecule has 0 aliphatic carbocycles. The minimum atomic E-state index is -2.99. The molecule has 57 valence electrons. The van der Waals surface area contributed by atoms with Crippen LogP contribution in [0.25, 0.3) is 0 Å². The highest BCUT2D eigenvalue weighted by Crippen LogP contribution is 2.10. The maximum Gasteiger partial charge on any atom is 0.220 e. The Kier molecular flexibility index (Phi) is 1.68. The number of carbonyl (C=O) groups excluding carboxylic acids is 1. The molecule has 1 amide bonds. The SMILES string of the molecule is CC(=O)N1[CH]CS(=O)(=O)C1. The standard InChI is InChI=1S/C5H8NO3S/c1-5(7)6-2-3-10(8,9)4-6/h2H,3-4H2,1H3. The first-order valence-corrected chi connectivity index (χ1v) is 4.64. The van der Waals surface area contributed by atoms with Crippen molar-refractivity contribution in [3.8, 4) is 0 Å². The van der Waals surface area contributed by atoms with Gasteiger partial charge >= 0.3 is 0 Å². The predicted octanol–water partition coefficient (Wildman–Crippen LogP) is -0.617. The summed E-state index contributed by atoms with van der Waals surface area (Å²) < 4.78 is 21.4. The summed E-state index contributed by atoms with van der Waals surface area (Å²) in [5, 5.41) is 0. The van der Waals surface area contributed by atoms with Crippen molar-refractivity contribution < 1.29 is 13.2 Å². The van der Waals surface area contributed by atoms with Gasteiger partial charge in [0, 0.05) is 6.92 Å². The van der Waals surface area contributed by atoms with E-state index in [0.717, 1.165) is 0 Å². The van der Waals surface area contributed by atoms with E-state index in [0.29, 0.717) is 0 Å². The second-order valence-corrected chi connectivity index (χ2v) is 4.29. The van der Waals surface area contributed by atoms with E-state index >= 15 is 0 Å². The molecule has 10 heavy (non-hydrogen) atoms. The average Bonchev–Trinajstić information content (AvgIpc) is 2.10. The van der Waals surface area contributed by atoms with E-state index in [4.69, 9.17) is 0 Å². The molecule has 1 aliphatic heterocycles. The minimum Gasteiger partial charge on any atom is -0.322 e. The van der Waals surface area contributed by atoms with Crippen molar-refractivity contribution in [3.63, 3.8) is 0 Å². The molecule has 0 atom stereocenters. The number of amides is 1. The molecule has 0 N–H and O–H groups in total. The second-order valence-electron chi connectivity index (χ2n) is 2.21. The first-order chi connectivity index (χ1) is 4.51. The summed E-state index contributed by atoms with van der Waals surface area (Å²) in [7, 11) is -2.99. The van der Waals surface area contributed by atoms with Crippen molar-refractivity contribution in [2.24, 2.45) is 0 Å². The molecule has 4 nitrogen and oxygen atoms in total. The molecule has 0 bridgehead atoms. The molecule has 0 aromatic rings. The summed E-state index contributed by atoms with van der Waals surface area (Å²) in [5.74, 6) is -0.379. The molecule has 1 radical (unpaired) electrons. The van der Waals surface area contributed by atoms with Crippen LogP contribution in [-0.4, -0.2) is 30.9 Å². The van der Waals surface area contributed by atoms with Crippen molar-refractivity contribution in [2.75, 3.05) is 11.6 Å². The van der Waals surface area contributed by atoms with E-state index in [-0.39, 0.29) is 17.5 Å². The number of carbonyl (C=O) groups is 1. The molecule has 0 unspecified atom stereocenters. The molecule has 0 aromatic heterocycles. The van der Waals surface area contributed by atoms with Crippen LogP contribution in [0.4, 0.5) is 0 Å². The van der Waals surface area contributed by atoms with Crippen molar-refractivity contribution in [2.45, 2.75) is 6.92 Å². The third-order valence-corrected chi connectivity index (χ3v) is 2.62. The van der Waals surface area contributed by atoms with E-state index < -0.39 is 9.84 Å². The van der Waals surface area contributed by atoms with Crippen LogP contribution in [0.2, 0.25) is 0 Å². The van der Waals surface area contributed by atoms with E-state index in [1.165, 1.54) is 18.4 Å². The minimum absolute atomic E-state index is 0.00736. The van der Waals surface area contributed by atoms with Crippen molar-refractivity contribution in [1.29, 1.82) is 0 Å². The first kappa shape index (κ1) is 7.53. The highest BCUT2D eigenvalue weighted by Gasteiger charge is 2.27. The predicted molar refractivity (Wildman–Crippen MR) is 35.5 cm³/mol. The van der Waals surface area contributed by atoms with E-state index in [2.05, 4.69) is 0 Å². The van der Waals surface area contributed by atoms with Crippen LogP contribution in [-0.2, 0) is 14.6 Å². The molecule has 1 fully saturated rings. The van der Waals surface area contributed by atoms with Gasteiger partial charge in [-0.3, -0.25) is 4.79 Å². The molecular weight excluding hydrogens is 154 g/mol. The second kappa shape index (κ2) is 2.23. The smallest absolute Gasteiger partial charge is 0.220 e. The molecule has 1 saturated heterocycles. The summed E-state index contributed by atoms with van der Waals surface area (Å²) in [6.07, 6.45) is 0. The van der Waals surface area contributed by atoms with Gasteiger partial charge < -0.3 is 4.90 Å². The van der Waals surface area contributed by atoms with E-state index in [1.807, 2.05) is 0 Å². The number of rotatable bonds is 0. The van der Waals surface area contributed by atoms with Crippen LogP contribution in [0.1, 0.15) is 6.92 Å². The fourth-order valence-electron chi connectivity index (χ4n) is 0.740. The summed E-state index contributed by atoms with van der Waals surface area (Å²) in [6.45, 7) is 2.75. The van der Waals surface area contributed by atoms with E-state index in [9.17, 15) is 13.2 Å². The lowest BCUT2D eigenvalue weighted by Gasteiger charge is -2.07. The van der Waals surface area contributed by atoms with Crippen molar-refractivity contribution >= 4 is 15.7 Å². The number of hydrogen-bond donors (Lipinski definition) is 0. The highest BCUT2D eigenvalue weighted by molar-refractivity contribution is 7.91. The van der Waals surface area contributed by atoms with E-state index in [1.54, 1.807) is 0 Å². The Hall–Kier alpha value is -0.580. The Labute approximate surface area is 59.7 Å². The van der Waals surface area contributed by atoms with Crippen LogP contribution >= 0.6 is 0 Å². The molecule has 5 heteroatoms. The van der Waals surface area contributed by atoms with Crippen molar-refractivity contribution in [1.82, 2.24) is 4.90 Å². The zero-order valence-corrected chi connectivity index (χ0v) is 6.39. The van der Waals surface area contributed by atoms with Gasteiger partial charge in [0.25, 0.3) is 0 Å². The van der Waals surface area contributed by atoms with Crippen LogP contribution in [0.3, 0.4) is 0 Å². The van der Waals surface area contributed by atoms with Gasteiger partial charge in [-0.05, 0) is 0 Å². The maximum atomic E-state index is 10.7. The fourth-order valence-corrected chi connectivity index (χ4v) is 1.96. The lowest BCUT2D eigenvalue weighted by atomic mass is 10.6. The Morgan fingerprint density at radius 2 is 2.20 bits per heavy atom. The summed E-state index contributed by atoms with van der Waals surface area (Å²) in [4.78, 5) is 11.8. The zero-order chi connectivity index (χ0) is 7.78. The molecule has 1 aliphatic rings. The van der Waals surface area contributed by atoms with Gasteiger partial charge in [-0.15, -0.1) is 0 Å². The monoisotopic (exact) mass is 162 g/mol. The van der Waals surface area contributed by atoms with Gasteiger partial charge in [0.2, 0.25) is 5.91 Å². The molecule has 0 saturated carbocycles. The number of sulfone groups is 1. The summed E-state index contributed by atoms with van der Waals surface area (Å²) in [6, 6.07) is 0. The molecular formula is C5H8NO3S. The van der Waals surface area contributed by atoms with Crippen LogP contribution in [0.5, 0.6) is 0 Å². The number of nitrogens with zero attached hydrogens (tertiary/aromatic N) is 1. The van der Waals surface area contributed by atoms with Crippen molar-refractivity contribution in [3.05, 3.63) is 6.54 Å². The fraction of sp³-hybridized carbons (Fsp3) is 0.600. The van der Waals surface area contributed by atoms with Gasteiger partial charge in [0.1, 0.15) is 5.88 Å². The third kappa shape index (κ3) is 1.47. The lowest BCUT2D eigenvalue weighted by molar-refractivity contribution is -0.126. The Bertz CT molecular complexity index is 244. The maximum absolute atomic E-state index is 10.7. The van der Waals surface area contributed by atoms with Crippen LogP contribution in [0.15, 0.2) is 0 Å². The Morgan fingerprint density at radius 3 is 2.40 bits per heavy atom.